The number of carbonyl (C=O) groups excluding carboxylic acids is 1. The Morgan fingerprint density at radius 2 is 1.95 bits per heavy atom. The first-order chi connectivity index (χ1) is 10.5. The molecule has 1 aromatic rings. The molecular weight excluding hydrogens is 276 g/mol. The van der Waals surface area contributed by atoms with Crippen molar-refractivity contribution in [3.05, 3.63) is 29.8 Å². The highest BCUT2D eigenvalue weighted by Crippen LogP contribution is 2.27. The monoisotopic (exact) mass is 304 g/mol. The molecule has 122 valence electrons. The Bertz CT molecular complexity index is 496. The Balaban J connectivity index is 1.74. The molecule has 2 N–H and O–H groups in total. The zero-order chi connectivity index (χ0) is 16.0. The highest BCUT2D eigenvalue weighted by atomic mass is 16.5. The van der Waals surface area contributed by atoms with E-state index < -0.39 is 5.54 Å². The maximum atomic E-state index is 12.5. The van der Waals surface area contributed by atoms with Crippen molar-refractivity contribution in [2.24, 2.45) is 5.73 Å². The highest BCUT2D eigenvalue weighted by molar-refractivity contribution is 5.86. The van der Waals surface area contributed by atoms with Crippen molar-refractivity contribution in [3.63, 3.8) is 0 Å². The van der Waals surface area contributed by atoms with Crippen LogP contribution < -0.4 is 10.5 Å². The molecule has 0 atom stereocenters. The van der Waals surface area contributed by atoms with Crippen LogP contribution in [0, 0.1) is 6.92 Å². The van der Waals surface area contributed by atoms with E-state index in [9.17, 15) is 4.79 Å². The van der Waals surface area contributed by atoms with Crippen molar-refractivity contribution < 1.29 is 9.53 Å². The normalized spacial score (nSPS) is 17.0. The zero-order valence-electron chi connectivity index (χ0n) is 13.8. The van der Waals surface area contributed by atoms with Crippen molar-refractivity contribution in [2.75, 3.05) is 20.2 Å². The summed E-state index contributed by atoms with van der Waals surface area (Å²) in [6, 6.07) is 7.98. The lowest BCUT2D eigenvalue weighted by Gasteiger charge is -2.35. The molecule has 0 aliphatic heterocycles. The average Bonchev–Trinajstić information content (AvgIpc) is 2.53. The lowest BCUT2D eigenvalue weighted by Crippen LogP contribution is -2.55. The predicted octanol–water partition coefficient (Wildman–Crippen LogP) is 2.88. The molecule has 22 heavy (non-hydrogen) atoms. The van der Waals surface area contributed by atoms with Crippen LogP contribution in [-0.2, 0) is 4.79 Å². The Labute approximate surface area is 133 Å². The zero-order valence-corrected chi connectivity index (χ0v) is 13.8. The SMILES string of the molecule is Cc1ccccc1OCCCN(C)C(=O)C1(N)CCCCC1. The number of para-hydroxylation sites is 1. The number of likely N-dealkylation sites (N-methyl/N-ethyl adjacent to an activating group) is 1. The molecule has 0 spiro atoms. The summed E-state index contributed by atoms with van der Waals surface area (Å²) in [6.45, 7) is 3.33. The molecule has 0 aromatic heterocycles. The molecule has 1 fully saturated rings. The number of hydrogen-bond acceptors (Lipinski definition) is 3. The third kappa shape index (κ3) is 4.23. The number of aryl methyl sites for hydroxylation is 1. The van der Waals surface area contributed by atoms with Crippen LogP contribution in [0.3, 0.4) is 0 Å². The van der Waals surface area contributed by atoms with Crippen LogP contribution in [0.5, 0.6) is 5.75 Å². The van der Waals surface area contributed by atoms with E-state index in [2.05, 4.69) is 0 Å². The summed E-state index contributed by atoms with van der Waals surface area (Å²) in [5, 5.41) is 0. The van der Waals surface area contributed by atoms with E-state index in [1.807, 2.05) is 38.2 Å². The fraction of sp³-hybridized carbons (Fsp3) is 0.611. The lowest BCUT2D eigenvalue weighted by atomic mass is 9.81. The van der Waals surface area contributed by atoms with Gasteiger partial charge >= 0.3 is 0 Å². The molecule has 1 aromatic carbocycles. The molecule has 4 nitrogen and oxygen atoms in total. The summed E-state index contributed by atoms with van der Waals surface area (Å²) in [6.07, 6.45) is 5.76. The second kappa shape index (κ2) is 7.63. The van der Waals surface area contributed by atoms with Crippen molar-refractivity contribution in [3.8, 4) is 5.75 Å². The van der Waals surface area contributed by atoms with Gasteiger partial charge in [-0.15, -0.1) is 0 Å². The molecule has 0 radical (unpaired) electrons. The van der Waals surface area contributed by atoms with Crippen molar-refractivity contribution in [1.82, 2.24) is 4.90 Å². The first kappa shape index (κ1) is 16.8. The van der Waals surface area contributed by atoms with E-state index in [-0.39, 0.29) is 5.91 Å². The number of nitrogens with zero attached hydrogens (tertiary/aromatic N) is 1. The largest absolute Gasteiger partial charge is 0.493 e. The van der Waals surface area contributed by atoms with Crippen molar-refractivity contribution in [1.29, 1.82) is 0 Å². The average molecular weight is 304 g/mol. The van der Waals surface area contributed by atoms with Crippen molar-refractivity contribution in [2.45, 2.75) is 51.0 Å². The Kier molecular flexibility index (Phi) is 5.83. The first-order valence-electron chi connectivity index (χ1n) is 8.26. The van der Waals surface area contributed by atoms with Gasteiger partial charge in [0, 0.05) is 13.6 Å². The highest BCUT2D eigenvalue weighted by Gasteiger charge is 2.36. The maximum absolute atomic E-state index is 12.5. The molecule has 0 bridgehead atoms. The minimum atomic E-state index is -0.635. The van der Waals surface area contributed by atoms with Gasteiger partial charge < -0.3 is 15.4 Å². The second-order valence-electron chi connectivity index (χ2n) is 6.41. The van der Waals surface area contributed by atoms with Crippen LogP contribution in [0.15, 0.2) is 24.3 Å². The van der Waals surface area contributed by atoms with Gasteiger partial charge in [-0.3, -0.25) is 4.79 Å². The first-order valence-corrected chi connectivity index (χ1v) is 8.26. The third-order valence-corrected chi connectivity index (χ3v) is 4.51. The maximum Gasteiger partial charge on any atom is 0.242 e. The van der Waals surface area contributed by atoms with Gasteiger partial charge in [-0.05, 0) is 37.8 Å². The second-order valence-corrected chi connectivity index (χ2v) is 6.41. The van der Waals surface area contributed by atoms with E-state index in [4.69, 9.17) is 10.5 Å². The van der Waals surface area contributed by atoms with E-state index >= 15 is 0 Å². The molecule has 4 heteroatoms. The summed E-state index contributed by atoms with van der Waals surface area (Å²) in [5.74, 6) is 1.00. The van der Waals surface area contributed by atoms with Crippen LogP contribution in [0.2, 0.25) is 0 Å². The van der Waals surface area contributed by atoms with Crippen LogP contribution in [0.25, 0.3) is 0 Å². The minimum absolute atomic E-state index is 0.0862. The molecule has 0 saturated heterocycles. The van der Waals surface area contributed by atoms with E-state index in [0.717, 1.165) is 43.4 Å². The lowest BCUT2D eigenvalue weighted by molar-refractivity contribution is -0.137. The van der Waals surface area contributed by atoms with Gasteiger partial charge in [0.05, 0.1) is 12.1 Å². The molecule has 1 aliphatic carbocycles. The van der Waals surface area contributed by atoms with Gasteiger partial charge in [0.25, 0.3) is 0 Å². The molecule has 1 aliphatic rings. The predicted molar refractivity (Wildman–Crippen MR) is 88.9 cm³/mol. The summed E-state index contributed by atoms with van der Waals surface area (Å²) >= 11 is 0. The summed E-state index contributed by atoms with van der Waals surface area (Å²) in [5.41, 5.74) is 6.80. The van der Waals surface area contributed by atoms with Gasteiger partial charge in [0.15, 0.2) is 0 Å². The molecule has 2 rings (SSSR count). The number of ether oxygens (including phenoxy) is 1. The summed E-state index contributed by atoms with van der Waals surface area (Å²) in [4.78, 5) is 14.3. The number of carbonyl (C=O) groups is 1. The van der Waals surface area contributed by atoms with E-state index in [1.54, 1.807) is 4.90 Å². The number of benzene rings is 1. The topological polar surface area (TPSA) is 55.6 Å². The minimum Gasteiger partial charge on any atom is -0.493 e. The molecule has 0 unspecified atom stereocenters. The molecule has 1 saturated carbocycles. The van der Waals surface area contributed by atoms with Gasteiger partial charge in [0.2, 0.25) is 5.91 Å². The van der Waals surface area contributed by atoms with E-state index in [0.29, 0.717) is 13.2 Å². The van der Waals surface area contributed by atoms with Gasteiger partial charge in [-0.25, -0.2) is 0 Å². The number of hydrogen-bond donors (Lipinski definition) is 1. The van der Waals surface area contributed by atoms with Gasteiger partial charge in [0.1, 0.15) is 5.75 Å². The Morgan fingerprint density at radius 1 is 1.27 bits per heavy atom. The summed E-state index contributed by atoms with van der Waals surface area (Å²) < 4.78 is 5.77. The fourth-order valence-electron chi connectivity index (χ4n) is 3.08. The van der Waals surface area contributed by atoms with Gasteiger partial charge in [-0.1, -0.05) is 37.5 Å². The van der Waals surface area contributed by atoms with Crippen LogP contribution >= 0.6 is 0 Å². The third-order valence-electron chi connectivity index (χ3n) is 4.51. The number of rotatable bonds is 6. The smallest absolute Gasteiger partial charge is 0.242 e. The van der Waals surface area contributed by atoms with Crippen LogP contribution in [0.1, 0.15) is 44.1 Å². The van der Waals surface area contributed by atoms with Crippen LogP contribution in [-0.4, -0.2) is 36.5 Å². The quantitative estimate of drug-likeness (QED) is 0.822. The molecule has 1 amide bonds. The Morgan fingerprint density at radius 3 is 2.64 bits per heavy atom. The van der Waals surface area contributed by atoms with Gasteiger partial charge in [-0.2, -0.15) is 0 Å². The van der Waals surface area contributed by atoms with Crippen LogP contribution in [0.4, 0.5) is 0 Å². The molecular formula is C18H28N2O2. The fourth-order valence-corrected chi connectivity index (χ4v) is 3.08. The summed E-state index contributed by atoms with van der Waals surface area (Å²) in [7, 11) is 1.85. The number of nitrogens with two attached hydrogens (primary N) is 1. The Hall–Kier alpha value is -1.55. The van der Waals surface area contributed by atoms with Crippen molar-refractivity contribution >= 4 is 5.91 Å². The molecule has 0 heterocycles. The number of amides is 1. The standard InChI is InChI=1S/C18H28N2O2/c1-15-9-4-5-10-16(15)22-14-8-13-20(2)17(21)18(19)11-6-3-7-12-18/h4-5,9-10H,3,6-8,11-14,19H2,1-2H3. The van der Waals surface area contributed by atoms with E-state index in [1.165, 1.54) is 6.42 Å².